The Morgan fingerprint density at radius 3 is 2.56 bits per heavy atom. The van der Waals surface area contributed by atoms with Crippen LogP contribution >= 0.6 is 11.6 Å². The van der Waals surface area contributed by atoms with Gasteiger partial charge in [-0.1, -0.05) is 31.0 Å². The van der Waals surface area contributed by atoms with Crippen molar-refractivity contribution >= 4 is 22.5 Å². The summed E-state index contributed by atoms with van der Waals surface area (Å²) in [6, 6.07) is 6.05. The normalized spacial score (nSPS) is 12.1. The molecule has 0 aliphatic carbocycles. The Labute approximate surface area is 108 Å². The van der Waals surface area contributed by atoms with Gasteiger partial charge in [0, 0.05) is 5.39 Å². The number of hydrogen-bond donors (Lipinski definition) is 0. The number of halogens is 4. The van der Waals surface area contributed by atoms with Crippen molar-refractivity contribution < 1.29 is 13.2 Å². The number of alkyl halides is 3. The van der Waals surface area contributed by atoms with E-state index in [1.807, 2.05) is 6.92 Å². The molecule has 0 fully saturated rings. The predicted octanol–water partition coefficient (Wildman–Crippen LogP) is 4.86. The molecule has 5 heteroatoms. The molecule has 0 unspecified atom stereocenters. The van der Waals surface area contributed by atoms with E-state index in [0.717, 1.165) is 24.5 Å². The molecule has 0 N–H and O–H groups in total. The van der Waals surface area contributed by atoms with Crippen molar-refractivity contribution in [2.75, 3.05) is 0 Å². The van der Waals surface area contributed by atoms with Gasteiger partial charge >= 0.3 is 6.18 Å². The van der Waals surface area contributed by atoms with Gasteiger partial charge in [0.2, 0.25) is 0 Å². The molecule has 0 saturated carbocycles. The van der Waals surface area contributed by atoms with E-state index in [1.54, 1.807) is 18.2 Å². The molecule has 1 heterocycles. The van der Waals surface area contributed by atoms with Crippen LogP contribution in [0.5, 0.6) is 0 Å². The highest BCUT2D eigenvalue weighted by atomic mass is 35.5. The third kappa shape index (κ3) is 2.58. The van der Waals surface area contributed by atoms with Gasteiger partial charge in [-0.15, -0.1) is 0 Å². The summed E-state index contributed by atoms with van der Waals surface area (Å²) in [6.45, 7) is 2.04. The second-order valence-corrected chi connectivity index (χ2v) is 4.50. The minimum absolute atomic E-state index is 0.0882. The molecule has 0 spiro atoms. The topological polar surface area (TPSA) is 12.9 Å². The summed E-state index contributed by atoms with van der Waals surface area (Å²) in [5, 5.41) is 0.654. The Balaban J connectivity index is 2.59. The lowest BCUT2D eigenvalue weighted by Crippen LogP contribution is -2.08. The number of benzene rings is 1. The Morgan fingerprint density at radius 2 is 1.94 bits per heavy atom. The molecule has 0 aliphatic heterocycles. The average Bonchev–Trinajstić information content (AvgIpc) is 2.29. The molecule has 2 rings (SSSR count). The number of pyridine rings is 1. The standard InChI is InChI=1S/C13H11ClF3N/c1-2-3-8-4-5-11-9(6-8)10(14)7-12(18-11)13(15,16)17/h4-7H,2-3H2,1H3. The van der Waals surface area contributed by atoms with Crippen molar-refractivity contribution in [3.05, 3.63) is 40.5 Å². The first kappa shape index (κ1) is 13.1. The van der Waals surface area contributed by atoms with Crippen LogP contribution in [0.15, 0.2) is 24.3 Å². The van der Waals surface area contributed by atoms with E-state index < -0.39 is 11.9 Å². The number of fused-ring (bicyclic) bond motifs is 1. The minimum atomic E-state index is -4.47. The van der Waals surface area contributed by atoms with Crippen molar-refractivity contribution in [2.24, 2.45) is 0 Å². The van der Waals surface area contributed by atoms with Crippen LogP contribution in [0, 0.1) is 0 Å². The lowest BCUT2D eigenvalue weighted by molar-refractivity contribution is -0.140. The molecule has 96 valence electrons. The lowest BCUT2D eigenvalue weighted by Gasteiger charge is -2.09. The number of aryl methyl sites for hydroxylation is 1. The fourth-order valence-electron chi connectivity index (χ4n) is 1.82. The van der Waals surface area contributed by atoms with Gasteiger partial charge in [0.1, 0.15) is 5.69 Å². The molecule has 0 radical (unpaired) electrons. The monoisotopic (exact) mass is 273 g/mol. The zero-order chi connectivity index (χ0) is 13.3. The maximum absolute atomic E-state index is 12.6. The zero-order valence-electron chi connectivity index (χ0n) is 9.68. The number of aromatic nitrogens is 1. The summed E-state index contributed by atoms with van der Waals surface area (Å²) < 4.78 is 37.7. The predicted molar refractivity (Wildman–Crippen MR) is 65.8 cm³/mol. The van der Waals surface area contributed by atoms with Crippen LogP contribution in [-0.2, 0) is 12.6 Å². The van der Waals surface area contributed by atoms with Crippen molar-refractivity contribution in [1.82, 2.24) is 4.98 Å². The zero-order valence-corrected chi connectivity index (χ0v) is 10.4. The molecule has 0 amide bonds. The fourth-order valence-corrected chi connectivity index (χ4v) is 2.08. The summed E-state index contributed by atoms with van der Waals surface area (Å²) in [7, 11) is 0. The Morgan fingerprint density at radius 1 is 1.22 bits per heavy atom. The summed E-state index contributed by atoms with van der Waals surface area (Å²) in [6.07, 6.45) is -2.63. The first-order valence-electron chi connectivity index (χ1n) is 5.58. The summed E-state index contributed by atoms with van der Waals surface area (Å²) in [4.78, 5) is 3.60. The molecule has 18 heavy (non-hydrogen) atoms. The van der Waals surface area contributed by atoms with E-state index >= 15 is 0 Å². The molecule has 0 aliphatic rings. The van der Waals surface area contributed by atoms with Gasteiger partial charge in [-0.05, 0) is 30.2 Å². The van der Waals surface area contributed by atoms with Crippen LogP contribution < -0.4 is 0 Å². The highest BCUT2D eigenvalue weighted by molar-refractivity contribution is 6.35. The van der Waals surface area contributed by atoms with E-state index in [4.69, 9.17) is 11.6 Å². The quantitative estimate of drug-likeness (QED) is 0.761. The van der Waals surface area contributed by atoms with E-state index in [2.05, 4.69) is 4.98 Å². The summed E-state index contributed by atoms with van der Waals surface area (Å²) in [5.41, 5.74) is 0.367. The van der Waals surface area contributed by atoms with Crippen LogP contribution in [-0.4, -0.2) is 4.98 Å². The second kappa shape index (κ2) is 4.76. The smallest absolute Gasteiger partial charge is 0.243 e. The number of hydrogen-bond acceptors (Lipinski definition) is 1. The van der Waals surface area contributed by atoms with Gasteiger partial charge in [-0.3, -0.25) is 0 Å². The van der Waals surface area contributed by atoms with Crippen molar-refractivity contribution in [1.29, 1.82) is 0 Å². The largest absolute Gasteiger partial charge is 0.433 e. The fraction of sp³-hybridized carbons (Fsp3) is 0.308. The molecular formula is C13H11ClF3N. The minimum Gasteiger partial charge on any atom is -0.243 e. The second-order valence-electron chi connectivity index (χ2n) is 4.09. The first-order chi connectivity index (χ1) is 8.41. The maximum atomic E-state index is 12.6. The van der Waals surface area contributed by atoms with E-state index in [-0.39, 0.29) is 10.5 Å². The van der Waals surface area contributed by atoms with Crippen LogP contribution in [0.2, 0.25) is 5.02 Å². The van der Waals surface area contributed by atoms with Gasteiger partial charge in [-0.25, -0.2) is 4.98 Å². The van der Waals surface area contributed by atoms with Crippen molar-refractivity contribution in [2.45, 2.75) is 25.9 Å². The summed E-state index contributed by atoms with van der Waals surface area (Å²) >= 11 is 5.90. The van der Waals surface area contributed by atoms with Gasteiger partial charge in [-0.2, -0.15) is 13.2 Å². The average molecular weight is 274 g/mol. The molecule has 0 atom stereocenters. The van der Waals surface area contributed by atoms with E-state index in [9.17, 15) is 13.2 Å². The third-order valence-electron chi connectivity index (χ3n) is 2.65. The maximum Gasteiger partial charge on any atom is 0.433 e. The van der Waals surface area contributed by atoms with Gasteiger partial charge in [0.15, 0.2) is 0 Å². The first-order valence-corrected chi connectivity index (χ1v) is 5.96. The van der Waals surface area contributed by atoms with Gasteiger partial charge in [0.25, 0.3) is 0 Å². The van der Waals surface area contributed by atoms with Gasteiger partial charge in [0.05, 0.1) is 10.5 Å². The van der Waals surface area contributed by atoms with E-state index in [1.165, 1.54) is 0 Å². The number of nitrogens with zero attached hydrogens (tertiary/aromatic N) is 1. The van der Waals surface area contributed by atoms with Crippen LogP contribution in [0.25, 0.3) is 10.9 Å². The van der Waals surface area contributed by atoms with Gasteiger partial charge < -0.3 is 0 Å². The van der Waals surface area contributed by atoms with Crippen molar-refractivity contribution in [3.63, 3.8) is 0 Å². The Kier molecular flexibility index (Phi) is 3.48. The molecule has 1 aromatic carbocycles. The highest BCUT2D eigenvalue weighted by Crippen LogP contribution is 2.33. The summed E-state index contributed by atoms with van der Waals surface area (Å²) in [5.74, 6) is 0. The SMILES string of the molecule is CCCc1ccc2nc(C(F)(F)F)cc(Cl)c2c1. The van der Waals surface area contributed by atoms with Crippen LogP contribution in [0.4, 0.5) is 13.2 Å². The molecule has 1 nitrogen and oxygen atoms in total. The third-order valence-corrected chi connectivity index (χ3v) is 2.96. The molecule has 2 aromatic rings. The molecule has 0 saturated heterocycles. The van der Waals surface area contributed by atoms with E-state index in [0.29, 0.717) is 5.39 Å². The molecular weight excluding hydrogens is 263 g/mol. The Hall–Kier alpha value is -1.29. The van der Waals surface area contributed by atoms with Crippen LogP contribution in [0.1, 0.15) is 24.6 Å². The number of rotatable bonds is 2. The van der Waals surface area contributed by atoms with Crippen molar-refractivity contribution in [3.8, 4) is 0 Å². The lowest BCUT2D eigenvalue weighted by atomic mass is 10.1. The molecule has 0 bridgehead atoms. The molecule has 1 aromatic heterocycles. The Bertz CT molecular complexity index is 578. The highest BCUT2D eigenvalue weighted by Gasteiger charge is 2.33. The van der Waals surface area contributed by atoms with Crippen LogP contribution in [0.3, 0.4) is 0 Å².